The van der Waals surface area contributed by atoms with Gasteiger partial charge in [-0.2, -0.15) is 0 Å². The van der Waals surface area contributed by atoms with Gasteiger partial charge in [-0.3, -0.25) is 4.79 Å². The molecule has 0 radical (unpaired) electrons. The predicted molar refractivity (Wildman–Crippen MR) is 198 cm³/mol. The first-order valence-electron chi connectivity index (χ1n) is 18.7. The largest absolute Gasteiger partial charge is 0.453 e. The molecule has 3 aromatic carbocycles. The van der Waals surface area contributed by atoms with Crippen molar-refractivity contribution < 1.29 is 19.1 Å². The van der Waals surface area contributed by atoms with Gasteiger partial charge in [-0.1, -0.05) is 48.5 Å². The molecule has 4 fully saturated rings. The Morgan fingerprint density at radius 3 is 2.25 bits per heavy atom. The summed E-state index contributed by atoms with van der Waals surface area (Å²) in [5.41, 5.74) is 6.98. The summed E-state index contributed by atoms with van der Waals surface area (Å²) in [7, 11) is 1.32. The summed E-state index contributed by atoms with van der Waals surface area (Å²) in [4.78, 5) is 44.6. The van der Waals surface area contributed by atoms with Crippen LogP contribution in [0.5, 0.6) is 0 Å². The van der Waals surface area contributed by atoms with Crippen LogP contribution >= 0.6 is 0 Å². The first-order chi connectivity index (χ1) is 25.4. The summed E-state index contributed by atoms with van der Waals surface area (Å²) in [5, 5.41) is 8.78. The average molecular weight is 700 g/mol. The molecule has 0 bridgehead atoms. The van der Waals surface area contributed by atoms with Crippen LogP contribution in [0.1, 0.15) is 68.7 Å². The number of hydrogen-bond acceptors (Lipinski definition) is 7. The van der Waals surface area contributed by atoms with Crippen LogP contribution in [0.25, 0.3) is 44.4 Å². The number of carbonyl (C=O) groups is 2. The number of aromatic amines is 2. The van der Waals surface area contributed by atoms with E-state index in [9.17, 15) is 9.59 Å². The van der Waals surface area contributed by atoms with Crippen LogP contribution in [-0.2, 0) is 14.3 Å². The topological polar surface area (TPSA) is 137 Å². The van der Waals surface area contributed by atoms with Gasteiger partial charge in [0.2, 0.25) is 5.91 Å². The Labute approximate surface area is 302 Å². The van der Waals surface area contributed by atoms with Crippen LogP contribution in [0.3, 0.4) is 0 Å². The Balaban J connectivity index is 0.888. The fraction of sp³-hybridized carbons (Fsp3) is 0.415. The number of methoxy groups -OCH3 is 1. The fourth-order valence-corrected chi connectivity index (χ4v) is 8.53. The van der Waals surface area contributed by atoms with Crippen molar-refractivity contribution in [2.75, 3.05) is 33.4 Å². The second kappa shape index (κ2) is 13.5. The van der Waals surface area contributed by atoms with Gasteiger partial charge < -0.3 is 35.0 Å². The Morgan fingerprint density at radius 1 is 0.865 bits per heavy atom. The van der Waals surface area contributed by atoms with E-state index >= 15 is 0 Å². The highest BCUT2D eigenvalue weighted by molar-refractivity contribution is 5.91. The normalized spacial score (nSPS) is 21.8. The van der Waals surface area contributed by atoms with Crippen molar-refractivity contribution in [2.24, 2.45) is 11.3 Å². The lowest BCUT2D eigenvalue weighted by Crippen LogP contribution is -2.53. The smallest absolute Gasteiger partial charge is 0.407 e. The average Bonchev–Trinajstić information content (AvgIpc) is 3.74. The van der Waals surface area contributed by atoms with Crippen LogP contribution in [0.4, 0.5) is 4.79 Å². The van der Waals surface area contributed by atoms with Crippen LogP contribution < -0.4 is 10.6 Å². The van der Waals surface area contributed by atoms with Gasteiger partial charge in [0.1, 0.15) is 17.7 Å². The molecule has 2 aromatic heterocycles. The lowest BCUT2D eigenvalue weighted by Gasteiger charge is -2.34. The van der Waals surface area contributed by atoms with Crippen LogP contribution in [-0.4, -0.2) is 76.3 Å². The number of benzene rings is 3. The number of hydrogen-bond donors (Lipinski definition) is 4. The van der Waals surface area contributed by atoms with Gasteiger partial charge in [-0.15, -0.1) is 0 Å². The molecule has 52 heavy (non-hydrogen) atoms. The molecule has 3 unspecified atom stereocenters. The van der Waals surface area contributed by atoms with Crippen molar-refractivity contribution in [1.82, 2.24) is 35.5 Å². The maximum absolute atomic E-state index is 13.9. The van der Waals surface area contributed by atoms with E-state index in [1.165, 1.54) is 26.4 Å². The molecule has 4 N–H and O–H groups in total. The highest BCUT2D eigenvalue weighted by atomic mass is 16.5. The molecule has 268 valence electrons. The molecule has 1 spiro atoms. The number of fused-ring (bicyclic) bond motifs is 1. The van der Waals surface area contributed by atoms with Crippen LogP contribution in [0.2, 0.25) is 0 Å². The number of ether oxygens (including phenoxy) is 2. The highest BCUT2D eigenvalue weighted by Crippen LogP contribution is 2.54. The summed E-state index contributed by atoms with van der Waals surface area (Å²) in [5.74, 6) is 1.71. The summed E-state index contributed by atoms with van der Waals surface area (Å²) in [6, 6.07) is 21.2. The summed E-state index contributed by atoms with van der Waals surface area (Å²) < 4.78 is 10.4. The third kappa shape index (κ3) is 6.36. The maximum atomic E-state index is 13.9. The molecule has 3 saturated heterocycles. The van der Waals surface area contributed by atoms with Crippen molar-refractivity contribution >= 4 is 22.8 Å². The van der Waals surface area contributed by atoms with E-state index in [0.29, 0.717) is 44.1 Å². The molecule has 3 atom stereocenters. The zero-order chi connectivity index (χ0) is 35.2. The third-order valence-electron chi connectivity index (χ3n) is 11.8. The molecule has 9 rings (SSSR count). The van der Waals surface area contributed by atoms with Crippen molar-refractivity contribution in [3.63, 3.8) is 0 Å². The van der Waals surface area contributed by atoms with E-state index in [1.807, 2.05) is 17.3 Å². The van der Waals surface area contributed by atoms with Crippen LogP contribution in [0.15, 0.2) is 73.1 Å². The Hall–Kier alpha value is -5.00. The molecule has 5 heterocycles. The van der Waals surface area contributed by atoms with Gasteiger partial charge >= 0.3 is 6.09 Å². The minimum atomic E-state index is -0.659. The standard InChI is InChI=1S/C41H45N7O4/c1-51-40(50)47-36(27-12-17-52-18-13-27)39(49)48-16-2-3-35(48)38-43-23-34(46-38)31-11-10-29-19-28(8-9-30(29)20-31)25-4-6-26(7-5-25)33-22-42-37(45-33)32-21-41(14-15-41)24-44-32/h4-11,19-20,22-23,27,32,35-36,44H,2-3,12-18,21,24H2,1H3,(H,42,45)(H,43,46)(H,47,50). The van der Waals surface area contributed by atoms with Crippen molar-refractivity contribution in [2.45, 2.75) is 63.1 Å². The predicted octanol–water partition coefficient (Wildman–Crippen LogP) is 6.92. The molecule has 11 heteroatoms. The molecule has 11 nitrogen and oxygen atoms in total. The SMILES string of the molecule is COC(=O)NC(C(=O)N1CCCC1c1ncc(-c2ccc3cc(-c4ccc(-c5cnc(C6CC7(CC7)CN6)[nH]5)cc4)ccc3c2)[nH]1)C1CCOCC1. The first kappa shape index (κ1) is 32.9. The lowest BCUT2D eigenvalue weighted by molar-refractivity contribution is -0.136. The first-order valence-corrected chi connectivity index (χ1v) is 18.7. The van der Waals surface area contributed by atoms with Gasteiger partial charge in [0, 0.05) is 31.9 Å². The number of alkyl carbamates (subject to hydrolysis) is 1. The molecule has 3 aliphatic heterocycles. The van der Waals surface area contributed by atoms with Crippen molar-refractivity contribution in [3.8, 4) is 33.6 Å². The Bertz CT molecular complexity index is 2100. The second-order valence-corrected chi connectivity index (χ2v) is 15.1. The van der Waals surface area contributed by atoms with Gasteiger partial charge in [0.05, 0.1) is 43.0 Å². The van der Waals surface area contributed by atoms with Gasteiger partial charge in [-0.05, 0) is 95.9 Å². The van der Waals surface area contributed by atoms with E-state index in [2.05, 4.69) is 81.3 Å². The van der Waals surface area contributed by atoms with E-state index < -0.39 is 12.1 Å². The number of likely N-dealkylation sites (tertiary alicyclic amines) is 1. The summed E-state index contributed by atoms with van der Waals surface area (Å²) >= 11 is 0. The molecular formula is C41H45N7O4. The van der Waals surface area contributed by atoms with E-state index in [4.69, 9.17) is 19.4 Å². The molecule has 2 amide bonds. The van der Waals surface area contributed by atoms with Crippen LogP contribution in [0, 0.1) is 11.3 Å². The quantitative estimate of drug-likeness (QED) is 0.138. The number of nitrogens with zero attached hydrogens (tertiary/aromatic N) is 3. The molecule has 1 aliphatic carbocycles. The molecular weight excluding hydrogens is 654 g/mol. The summed E-state index contributed by atoms with van der Waals surface area (Å²) in [6.45, 7) is 2.88. The van der Waals surface area contributed by atoms with Crippen molar-refractivity contribution in [3.05, 3.63) is 84.7 Å². The maximum Gasteiger partial charge on any atom is 0.407 e. The van der Waals surface area contributed by atoms with Gasteiger partial charge in [0.25, 0.3) is 0 Å². The van der Waals surface area contributed by atoms with Crippen molar-refractivity contribution in [1.29, 1.82) is 0 Å². The number of H-pyrrole nitrogens is 2. The lowest BCUT2D eigenvalue weighted by atomic mass is 9.90. The summed E-state index contributed by atoms with van der Waals surface area (Å²) in [6.07, 6.45) is 10.2. The second-order valence-electron chi connectivity index (χ2n) is 15.1. The number of rotatable bonds is 8. The van der Waals surface area contributed by atoms with Gasteiger partial charge in [-0.25, -0.2) is 14.8 Å². The van der Waals surface area contributed by atoms with E-state index in [-0.39, 0.29) is 17.9 Å². The molecule has 5 aromatic rings. The van der Waals surface area contributed by atoms with E-state index in [0.717, 1.165) is 75.4 Å². The number of imidazole rings is 2. The number of nitrogens with one attached hydrogen (secondary N) is 4. The minimum absolute atomic E-state index is 0.00409. The number of carbonyl (C=O) groups excluding carboxylic acids is 2. The zero-order valence-electron chi connectivity index (χ0n) is 29.5. The fourth-order valence-electron chi connectivity index (χ4n) is 8.53. The Kier molecular flexibility index (Phi) is 8.55. The molecule has 1 saturated carbocycles. The van der Waals surface area contributed by atoms with E-state index in [1.54, 1.807) is 0 Å². The third-order valence-corrected chi connectivity index (χ3v) is 11.8. The number of aromatic nitrogens is 4. The monoisotopic (exact) mass is 699 g/mol. The zero-order valence-corrected chi connectivity index (χ0v) is 29.5. The highest BCUT2D eigenvalue weighted by Gasteiger charge is 2.49. The molecule has 4 aliphatic rings. The number of amides is 2. The minimum Gasteiger partial charge on any atom is -0.453 e. The Morgan fingerprint density at radius 2 is 1.52 bits per heavy atom. The van der Waals surface area contributed by atoms with Gasteiger partial charge in [0.15, 0.2) is 0 Å².